The summed E-state index contributed by atoms with van der Waals surface area (Å²) in [4.78, 5) is 10.0. The van der Waals surface area contributed by atoms with E-state index in [-0.39, 0.29) is 6.10 Å². The predicted molar refractivity (Wildman–Crippen MR) is 114 cm³/mol. The zero-order chi connectivity index (χ0) is 20.3. The van der Waals surface area contributed by atoms with E-state index in [2.05, 4.69) is 9.55 Å². The number of unbranched alkanes of at least 4 members (excludes halogenated alkanes) is 1. The highest BCUT2D eigenvalue weighted by Crippen LogP contribution is 2.29. The minimum Gasteiger partial charge on any atom is -0.611 e. The second kappa shape index (κ2) is 8.94. The fourth-order valence-corrected chi connectivity index (χ4v) is 4.52. The Morgan fingerprint density at radius 2 is 1.89 bits per heavy atom. The molecule has 0 saturated heterocycles. The Morgan fingerprint density at radius 1 is 1.18 bits per heavy atom. The van der Waals surface area contributed by atoms with Gasteiger partial charge in [-0.1, -0.05) is 18.2 Å². The van der Waals surface area contributed by atoms with Crippen molar-refractivity contribution in [3.63, 3.8) is 0 Å². The molecule has 3 rings (SSSR count). The van der Waals surface area contributed by atoms with Gasteiger partial charge in [0.05, 0.1) is 5.52 Å². The van der Waals surface area contributed by atoms with Crippen LogP contribution < -0.4 is 5.73 Å². The van der Waals surface area contributed by atoms with Crippen LogP contribution >= 0.6 is 0 Å². The van der Waals surface area contributed by atoms with Crippen molar-refractivity contribution in [2.75, 3.05) is 18.6 Å². The Balaban J connectivity index is 1.79. The summed E-state index contributed by atoms with van der Waals surface area (Å²) >= 11 is -0.966. The highest BCUT2D eigenvalue weighted by molar-refractivity contribution is 7.91. The molecular formula is C21H28N4O2S. The first kappa shape index (κ1) is 20.6. The number of aryl methyl sites for hydroxylation is 3. The molecule has 2 atom stereocenters. The average Bonchev–Trinajstić information content (AvgIpc) is 3.09. The fraction of sp³-hybridized carbons (Fsp3) is 0.429. The molecule has 0 aliphatic carbocycles. The van der Waals surface area contributed by atoms with Crippen molar-refractivity contribution in [3.05, 3.63) is 47.4 Å². The number of rotatable bonds is 8. The van der Waals surface area contributed by atoms with Gasteiger partial charge in [0.15, 0.2) is 10.7 Å². The molecule has 0 saturated carbocycles. The normalized spacial score (nSPS) is 13.8. The van der Waals surface area contributed by atoms with Crippen molar-refractivity contribution in [3.8, 4) is 0 Å². The second-order valence-electron chi connectivity index (χ2n) is 6.97. The second-order valence-corrected chi connectivity index (χ2v) is 8.54. The highest BCUT2D eigenvalue weighted by Gasteiger charge is 2.21. The summed E-state index contributed by atoms with van der Waals surface area (Å²) in [6.07, 6.45) is 1.61. The van der Waals surface area contributed by atoms with Crippen LogP contribution in [0.2, 0.25) is 0 Å². The van der Waals surface area contributed by atoms with E-state index in [0.29, 0.717) is 11.6 Å². The number of imidazole rings is 1. The number of nitrogen functional groups attached to an aromatic ring is 1. The standard InChI is InChI=1S/C21H28N4O2S/c1-14-15(2)23-20(22)18-19(14)25(21(24-18)16(3)27-4)12-8-9-13-28(26)17-10-6-5-7-11-17/h5-7,10-11,16H,8-9,12-13H2,1-4H3,(H2,22,23). The summed E-state index contributed by atoms with van der Waals surface area (Å²) < 4.78 is 20.1. The average molecular weight is 401 g/mol. The molecule has 2 unspecified atom stereocenters. The number of nitrogens with zero attached hydrogens (tertiary/aromatic N) is 3. The van der Waals surface area contributed by atoms with Crippen molar-refractivity contribution in [2.45, 2.75) is 51.2 Å². The van der Waals surface area contributed by atoms with Crippen LogP contribution in [0.1, 0.15) is 43.0 Å². The van der Waals surface area contributed by atoms with Gasteiger partial charge in [0.2, 0.25) is 0 Å². The first-order chi connectivity index (χ1) is 13.4. The summed E-state index contributed by atoms with van der Waals surface area (Å²) in [5, 5.41) is 0. The molecule has 0 aliphatic rings. The molecule has 3 aromatic rings. The first-order valence-corrected chi connectivity index (χ1v) is 10.8. The SMILES string of the molecule is COC(C)c1nc2c(N)nc(C)c(C)c2n1CCCC[S+]([O-])c1ccccc1. The number of benzene rings is 1. The molecule has 0 spiro atoms. The quantitative estimate of drug-likeness (QED) is 0.457. The summed E-state index contributed by atoms with van der Waals surface area (Å²) in [6, 6.07) is 9.62. The monoisotopic (exact) mass is 400 g/mol. The van der Waals surface area contributed by atoms with Gasteiger partial charge < -0.3 is 19.6 Å². The van der Waals surface area contributed by atoms with Crippen molar-refractivity contribution >= 4 is 28.0 Å². The smallest absolute Gasteiger partial charge is 0.152 e. The minimum absolute atomic E-state index is 0.148. The predicted octanol–water partition coefficient (Wildman–Crippen LogP) is 3.93. The summed E-state index contributed by atoms with van der Waals surface area (Å²) in [5.41, 5.74) is 9.89. The fourth-order valence-electron chi connectivity index (χ4n) is 3.35. The van der Waals surface area contributed by atoms with Crippen molar-refractivity contribution < 1.29 is 9.29 Å². The number of hydrogen-bond acceptors (Lipinski definition) is 5. The maximum absolute atomic E-state index is 12.4. The van der Waals surface area contributed by atoms with Crippen LogP contribution in [0.5, 0.6) is 0 Å². The zero-order valence-electron chi connectivity index (χ0n) is 16.9. The van der Waals surface area contributed by atoms with Crippen LogP contribution in [-0.2, 0) is 22.5 Å². The van der Waals surface area contributed by atoms with Gasteiger partial charge in [-0.15, -0.1) is 0 Å². The van der Waals surface area contributed by atoms with Crippen LogP contribution in [0, 0.1) is 13.8 Å². The number of methoxy groups -OCH3 is 1. The van der Waals surface area contributed by atoms with Crippen LogP contribution in [0.4, 0.5) is 5.82 Å². The van der Waals surface area contributed by atoms with Crippen LogP contribution in [0.3, 0.4) is 0 Å². The topological polar surface area (TPSA) is 89.0 Å². The third-order valence-corrected chi connectivity index (χ3v) is 6.57. The maximum atomic E-state index is 12.4. The molecule has 0 fully saturated rings. The molecule has 28 heavy (non-hydrogen) atoms. The van der Waals surface area contributed by atoms with Gasteiger partial charge in [-0.25, -0.2) is 9.97 Å². The van der Waals surface area contributed by atoms with Gasteiger partial charge in [-0.2, -0.15) is 0 Å². The lowest BCUT2D eigenvalue weighted by Crippen LogP contribution is -2.12. The van der Waals surface area contributed by atoms with Crippen LogP contribution in [-0.4, -0.2) is 32.0 Å². The van der Waals surface area contributed by atoms with E-state index in [1.54, 1.807) is 7.11 Å². The number of nitrogens with two attached hydrogens (primary N) is 1. The Morgan fingerprint density at radius 3 is 2.57 bits per heavy atom. The van der Waals surface area contributed by atoms with E-state index in [1.807, 2.05) is 51.1 Å². The Bertz CT molecular complexity index is 943. The van der Waals surface area contributed by atoms with Gasteiger partial charge in [0.25, 0.3) is 0 Å². The number of anilines is 1. The zero-order valence-corrected chi connectivity index (χ0v) is 17.8. The number of fused-ring (bicyclic) bond motifs is 1. The van der Waals surface area contributed by atoms with Gasteiger partial charge >= 0.3 is 0 Å². The molecular weight excluding hydrogens is 372 g/mol. The highest BCUT2D eigenvalue weighted by atomic mass is 32.2. The Kier molecular flexibility index (Phi) is 6.59. The molecule has 0 bridgehead atoms. The van der Waals surface area contributed by atoms with Crippen molar-refractivity contribution in [1.82, 2.24) is 14.5 Å². The molecule has 2 heterocycles. The maximum Gasteiger partial charge on any atom is 0.152 e. The minimum atomic E-state index is -0.966. The lowest BCUT2D eigenvalue weighted by molar-refractivity contribution is 0.109. The number of pyridine rings is 1. The van der Waals surface area contributed by atoms with Crippen molar-refractivity contribution in [1.29, 1.82) is 0 Å². The molecule has 6 nitrogen and oxygen atoms in total. The van der Waals surface area contributed by atoms with Gasteiger partial charge in [-0.3, -0.25) is 0 Å². The molecule has 2 N–H and O–H groups in total. The van der Waals surface area contributed by atoms with E-state index in [1.165, 1.54) is 0 Å². The molecule has 2 aromatic heterocycles. The van der Waals surface area contributed by atoms with Crippen LogP contribution in [0.25, 0.3) is 11.0 Å². The molecule has 0 radical (unpaired) electrons. The van der Waals surface area contributed by atoms with Crippen molar-refractivity contribution in [2.24, 2.45) is 0 Å². The largest absolute Gasteiger partial charge is 0.611 e. The third-order valence-electron chi connectivity index (χ3n) is 5.11. The molecule has 150 valence electrons. The molecule has 0 amide bonds. The van der Waals surface area contributed by atoms with Gasteiger partial charge in [0.1, 0.15) is 23.2 Å². The Hall–Kier alpha value is -2.09. The summed E-state index contributed by atoms with van der Waals surface area (Å²) in [5.74, 6) is 1.95. The lowest BCUT2D eigenvalue weighted by Gasteiger charge is -2.15. The lowest BCUT2D eigenvalue weighted by atomic mass is 10.2. The number of ether oxygens (including phenoxy) is 1. The number of hydrogen-bond donors (Lipinski definition) is 1. The molecule has 1 aromatic carbocycles. The molecule has 0 aliphatic heterocycles. The summed E-state index contributed by atoms with van der Waals surface area (Å²) in [7, 11) is 1.68. The number of aromatic nitrogens is 3. The van der Waals surface area contributed by atoms with Gasteiger partial charge in [-0.05, 0) is 62.5 Å². The van der Waals surface area contributed by atoms with E-state index in [4.69, 9.17) is 15.5 Å². The van der Waals surface area contributed by atoms with E-state index in [0.717, 1.165) is 52.4 Å². The van der Waals surface area contributed by atoms with E-state index >= 15 is 0 Å². The third kappa shape index (κ3) is 4.16. The van der Waals surface area contributed by atoms with Gasteiger partial charge in [0, 0.05) is 19.3 Å². The first-order valence-electron chi connectivity index (χ1n) is 9.53. The summed E-state index contributed by atoms with van der Waals surface area (Å²) in [6.45, 7) is 6.77. The van der Waals surface area contributed by atoms with Crippen LogP contribution in [0.15, 0.2) is 35.2 Å². The molecule has 7 heteroatoms. The van der Waals surface area contributed by atoms with E-state index in [9.17, 15) is 4.55 Å². The van der Waals surface area contributed by atoms with E-state index < -0.39 is 11.2 Å². The Labute approximate surface area is 169 Å².